The molecular weight excluding hydrogens is 229 g/mol. The molecule has 1 heterocycles. The van der Waals surface area contributed by atoms with Crippen molar-refractivity contribution in [2.45, 2.75) is 39.3 Å². The van der Waals surface area contributed by atoms with Crippen LogP contribution in [0.3, 0.4) is 0 Å². The van der Waals surface area contributed by atoms with E-state index in [0.717, 1.165) is 25.2 Å². The second kappa shape index (κ2) is 5.81. The quantitative estimate of drug-likeness (QED) is 0.887. The van der Waals surface area contributed by atoms with Crippen molar-refractivity contribution in [1.82, 2.24) is 5.32 Å². The Hall–Kier alpha value is -0.930. The number of halogens is 1. The molecule has 1 N–H and O–H groups in total. The van der Waals surface area contributed by atoms with Gasteiger partial charge in [-0.05, 0) is 50.3 Å². The van der Waals surface area contributed by atoms with Crippen LogP contribution >= 0.6 is 0 Å². The van der Waals surface area contributed by atoms with Gasteiger partial charge < -0.3 is 10.1 Å². The normalized spacial score (nSPS) is 23.0. The highest BCUT2D eigenvalue weighted by Gasteiger charge is 2.23. The smallest absolute Gasteiger partial charge is 0.126 e. The second-order valence-electron chi connectivity index (χ2n) is 5.31. The minimum atomic E-state index is -0.127. The number of ether oxygens (including phenoxy) is 1. The Morgan fingerprint density at radius 3 is 2.78 bits per heavy atom. The first kappa shape index (κ1) is 13.5. The summed E-state index contributed by atoms with van der Waals surface area (Å²) in [5, 5.41) is 3.54. The molecule has 1 fully saturated rings. The fourth-order valence-electron chi connectivity index (χ4n) is 2.45. The third-order valence-corrected chi connectivity index (χ3v) is 3.88. The Morgan fingerprint density at radius 1 is 1.39 bits per heavy atom. The number of rotatable bonds is 4. The van der Waals surface area contributed by atoms with Crippen LogP contribution in [-0.4, -0.2) is 19.3 Å². The summed E-state index contributed by atoms with van der Waals surface area (Å²) in [5.41, 5.74) is 1.70. The molecule has 2 rings (SSSR count). The van der Waals surface area contributed by atoms with Crippen LogP contribution in [0.1, 0.15) is 37.4 Å². The molecule has 1 saturated heterocycles. The molecule has 0 aliphatic carbocycles. The summed E-state index contributed by atoms with van der Waals surface area (Å²) in [6.07, 6.45) is 1.11. The van der Waals surface area contributed by atoms with Gasteiger partial charge in [-0.1, -0.05) is 12.1 Å². The fraction of sp³-hybridized carbons (Fsp3) is 0.600. The van der Waals surface area contributed by atoms with Crippen molar-refractivity contribution in [1.29, 1.82) is 0 Å². The highest BCUT2D eigenvalue weighted by molar-refractivity contribution is 5.25. The summed E-state index contributed by atoms with van der Waals surface area (Å²) in [7, 11) is 0. The van der Waals surface area contributed by atoms with E-state index in [9.17, 15) is 4.39 Å². The molecule has 0 bridgehead atoms. The van der Waals surface area contributed by atoms with E-state index in [0.29, 0.717) is 17.5 Å². The van der Waals surface area contributed by atoms with Gasteiger partial charge in [0.05, 0.1) is 6.61 Å². The molecule has 3 heteroatoms. The van der Waals surface area contributed by atoms with E-state index in [4.69, 9.17) is 4.74 Å². The Labute approximate surface area is 109 Å². The van der Waals surface area contributed by atoms with Gasteiger partial charge in [-0.15, -0.1) is 0 Å². The second-order valence-corrected chi connectivity index (χ2v) is 5.31. The van der Waals surface area contributed by atoms with E-state index in [1.165, 1.54) is 0 Å². The van der Waals surface area contributed by atoms with Gasteiger partial charge in [0.1, 0.15) is 5.82 Å². The van der Waals surface area contributed by atoms with Crippen LogP contribution < -0.4 is 5.32 Å². The van der Waals surface area contributed by atoms with Gasteiger partial charge >= 0.3 is 0 Å². The van der Waals surface area contributed by atoms with Crippen LogP contribution in [0.4, 0.5) is 4.39 Å². The first-order valence-electron chi connectivity index (χ1n) is 6.67. The highest BCUT2D eigenvalue weighted by Crippen LogP contribution is 2.21. The molecule has 0 amide bonds. The van der Waals surface area contributed by atoms with Crippen molar-refractivity contribution in [3.8, 4) is 0 Å². The Bertz CT molecular complexity index is 401. The third kappa shape index (κ3) is 3.09. The van der Waals surface area contributed by atoms with E-state index in [1.807, 2.05) is 12.1 Å². The summed E-state index contributed by atoms with van der Waals surface area (Å²) >= 11 is 0. The molecule has 1 aromatic carbocycles. The van der Waals surface area contributed by atoms with Crippen molar-refractivity contribution in [2.75, 3.05) is 13.2 Å². The third-order valence-electron chi connectivity index (χ3n) is 3.88. The summed E-state index contributed by atoms with van der Waals surface area (Å²) < 4.78 is 18.9. The average Bonchev–Trinajstić information content (AvgIpc) is 2.86. The molecule has 2 nitrogen and oxygen atoms in total. The maximum atomic E-state index is 13.5. The summed E-state index contributed by atoms with van der Waals surface area (Å²) in [5.74, 6) is 0.445. The van der Waals surface area contributed by atoms with Crippen LogP contribution in [-0.2, 0) is 4.74 Å². The molecule has 0 aromatic heterocycles. The molecule has 0 radical (unpaired) electrons. The first-order chi connectivity index (χ1) is 8.58. The molecule has 18 heavy (non-hydrogen) atoms. The van der Waals surface area contributed by atoms with Crippen molar-refractivity contribution < 1.29 is 9.13 Å². The van der Waals surface area contributed by atoms with Crippen molar-refractivity contribution in [3.05, 3.63) is 35.1 Å². The number of nitrogens with one attached hydrogen (secondary N) is 1. The van der Waals surface area contributed by atoms with Crippen LogP contribution in [0, 0.1) is 18.7 Å². The van der Waals surface area contributed by atoms with Crippen molar-refractivity contribution in [2.24, 2.45) is 5.92 Å². The SMILES string of the molecule is Cc1ccc(C(C)NC(C)C2CCOC2)cc1F. The molecule has 1 aliphatic rings. The Morgan fingerprint density at radius 2 is 2.17 bits per heavy atom. The lowest BCUT2D eigenvalue weighted by molar-refractivity contribution is 0.177. The summed E-state index contributed by atoms with van der Waals surface area (Å²) in [6.45, 7) is 7.75. The highest BCUT2D eigenvalue weighted by atomic mass is 19.1. The van der Waals surface area contributed by atoms with Crippen LogP contribution in [0.5, 0.6) is 0 Å². The summed E-state index contributed by atoms with van der Waals surface area (Å²) in [4.78, 5) is 0. The van der Waals surface area contributed by atoms with Gasteiger partial charge in [-0.3, -0.25) is 0 Å². The van der Waals surface area contributed by atoms with Crippen LogP contribution in [0.25, 0.3) is 0 Å². The first-order valence-corrected chi connectivity index (χ1v) is 6.67. The Kier molecular flexibility index (Phi) is 4.36. The number of aryl methyl sites for hydroxylation is 1. The topological polar surface area (TPSA) is 21.3 Å². The summed E-state index contributed by atoms with van der Waals surface area (Å²) in [6, 6.07) is 6.02. The molecule has 0 saturated carbocycles. The lowest BCUT2D eigenvalue weighted by atomic mass is 9.98. The zero-order chi connectivity index (χ0) is 13.1. The molecule has 3 unspecified atom stereocenters. The van der Waals surface area contributed by atoms with Gasteiger partial charge in [-0.2, -0.15) is 0 Å². The maximum Gasteiger partial charge on any atom is 0.126 e. The predicted octanol–water partition coefficient (Wildman–Crippen LogP) is 3.21. The van der Waals surface area contributed by atoms with Gasteiger partial charge in [0.25, 0.3) is 0 Å². The average molecular weight is 251 g/mol. The largest absolute Gasteiger partial charge is 0.381 e. The number of hydrogen-bond donors (Lipinski definition) is 1. The van der Waals surface area contributed by atoms with Crippen LogP contribution in [0.15, 0.2) is 18.2 Å². The van der Waals surface area contributed by atoms with Gasteiger partial charge in [0.2, 0.25) is 0 Å². The minimum absolute atomic E-state index is 0.127. The molecule has 1 aliphatic heterocycles. The van der Waals surface area contributed by atoms with E-state index >= 15 is 0 Å². The van der Waals surface area contributed by atoms with Crippen molar-refractivity contribution >= 4 is 0 Å². The van der Waals surface area contributed by atoms with Gasteiger partial charge in [-0.25, -0.2) is 4.39 Å². The maximum absolute atomic E-state index is 13.5. The molecule has 100 valence electrons. The van der Waals surface area contributed by atoms with E-state index in [1.54, 1.807) is 13.0 Å². The van der Waals surface area contributed by atoms with Gasteiger partial charge in [0.15, 0.2) is 0 Å². The van der Waals surface area contributed by atoms with E-state index in [2.05, 4.69) is 19.2 Å². The lowest BCUT2D eigenvalue weighted by Crippen LogP contribution is -2.35. The monoisotopic (exact) mass is 251 g/mol. The standard InChI is InChI=1S/C15H22FNO/c1-10-4-5-13(8-15(10)16)11(2)17-12(3)14-6-7-18-9-14/h4-5,8,11-12,14,17H,6-7,9H2,1-3H3. The molecule has 0 spiro atoms. The zero-order valence-electron chi connectivity index (χ0n) is 11.4. The van der Waals surface area contributed by atoms with Gasteiger partial charge in [0, 0.05) is 18.7 Å². The molecular formula is C15H22FNO. The molecule has 1 aromatic rings. The van der Waals surface area contributed by atoms with E-state index < -0.39 is 0 Å². The zero-order valence-corrected chi connectivity index (χ0v) is 11.4. The number of benzene rings is 1. The minimum Gasteiger partial charge on any atom is -0.381 e. The Balaban J connectivity index is 1.97. The van der Waals surface area contributed by atoms with Crippen molar-refractivity contribution in [3.63, 3.8) is 0 Å². The molecule has 3 atom stereocenters. The number of hydrogen-bond acceptors (Lipinski definition) is 2. The lowest BCUT2D eigenvalue weighted by Gasteiger charge is -2.24. The van der Waals surface area contributed by atoms with E-state index in [-0.39, 0.29) is 11.9 Å². The van der Waals surface area contributed by atoms with Crippen LogP contribution in [0.2, 0.25) is 0 Å². The predicted molar refractivity (Wildman–Crippen MR) is 71.1 cm³/mol. The fourth-order valence-corrected chi connectivity index (χ4v) is 2.45.